The third kappa shape index (κ3) is 6.37. The molecule has 0 atom stereocenters. The van der Waals surface area contributed by atoms with Gasteiger partial charge in [-0.1, -0.05) is 13.8 Å². The van der Waals surface area contributed by atoms with Crippen molar-refractivity contribution in [2.75, 3.05) is 0 Å². The summed E-state index contributed by atoms with van der Waals surface area (Å²) >= 11 is 0. The summed E-state index contributed by atoms with van der Waals surface area (Å²) in [6, 6.07) is 0. The van der Waals surface area contributed by atoms with Gasteiger partial charge in [-0.05, 0) is 6.92 Å². The Hall–Kier alpha value is -4.46. The Morgan fingerprint density at radius 3 is 0.521 bits per heavy atom. The topological polar surface area (TPSA) is 0 Å². The van der Waals surface area contributed by atoms with Crippen LogP contribution in [0.25, 0.3) is 0 Å². The molecular weight excluding hydrogens is 715 g/mol. The van der Waals surface area contributed by atoms with Crippen LogP contribution in [-0.4, -0.2) is 6.71 Å². The molecule has 0 saturated heterocycles. The lowest BCUT2D eigenvalue weighted by molar-refractivity contribution is 0.373. The first-order valence-electron chi connectivity index (χ1n) is 12.1. The summed E-state index contributed by atoms with van der Waals surface area (Å²) in [5.41, 5.74) is -8.90. The maximum absolute atomic E-state index is 14.4. The predicted molar refractivity (Wildman–Crippen MR) is 126 cm³/mol. The van der Waals surface area contributed by atoms with Crippen LogP contribution in [-0.2, 0) is 0 Å². The molecular formula is C27H9BF20. The zero-order valence-electron chi connectivity index (χ0n) is 23.1. The fourth-order valence-electron chi connectivity index (χ4n) is 3.77. The highest BCUT2D eigenvalue weighted by molar-refractivity contribution is 6.95. The third-order valence-electron chi connectivity index (χ3n) is 6.03. The van der Waals surface area contributed by atoms with Crippen molar-refractivity contribution in [3.05, 3.63) is 122 Å². The predicted octanol–water partition coefficient (Wildman–Crippen LogP) is 8.01. The van der Waals surface area contributed by atoms with E-state index in [-0.39, 0.29) is 0 Å². The van der Waals surface area contributed by atoms with Crippen molar-refractivity contribution in [3.63, 3.8) is 0 Å². The molecule has 4 aromatic rings. The molecule has 4 aromatic carbocycles. The maximum Gasteiger partial charge on any atom is 0.265 e. The minimum atomic E-state index is -3.96. The lowest BCUT2D eigenvalue weighted by atomic mass is 9.36. The molecule has 21 heteroatoms. The Morgan fingerprint density at radius 2 is 0.354 bits per heavy atom. The van der Waals surface area contributed by atoms with E-state index in [0.29, 0.717) is 0 Å². The van der Waals surface area contributed by atoms with Gasteiger partial charge in [0.05, 0.1) is 0 Å². The van der Waals surface area contributed by atoms with Gasteiger partial charge in [0.2, 0.25) is 5.82 Å². The molecule has 0 bridgehead atoms. The van der Waals surface area contributed by atoms with Gasteiger partial charge in [0.1, 0.15) is 0 Å². The largest absolute Gasteiger partial charge is 0.265 e. The van der Waals surface area contributed by atoms with Crippen LogP contribution < -0.4 is 16.4 Å². The lowest BCUT2D eigenvalue weighted by Crippen LogP contribution is -2.60. The van der Waals surface area contributed by atoms with E-state index in [4.69, 9.17) is 0 Å². The van der Waals surface area contributed by atoms with Gasteiger partial charge in [-0.15, -0.1) is 0 Å². The van der Waals surface area contributed by atoms with E-state index in [2.05, 4.69) is 0 Å². The molecule has 0 aliphatic rings. The quantitative estimate of drug-likeness (QED) is 0.0871. The van der Waals surface area contributed by atoms with Crippen molar-refractivity contribution >= 4 is 23.1 Å². The Bertz CT molecular complexity index is 1560. The molecule has 0 aromatic heterocycles. The molecule has 0 aliphatic heterocycles. The van der Waals surface area contributed by atoms with E-state index in [0.717, 1.165) is 6.92 Å². The summed E-state index contributed by atoms with van der Waals surface area (Å²) in [5.74, 6) is -54.7. The lowest BCUT2D eigenvalue weighted by Gasteiger charge is -2.21. The summed E-state index contributed by atoms with van der Waals surface area (Å²) in [6.07, 6.45) is 0. The Balaban J connectivity index is 0.000000478. The van der Waals surface area contributed by atoms with Crippen molar-refractivity contribution in [3.8, 4) is 0 Å². The fraction of sp³-hybridized carbons (Fsp3) is 0.111. The highest BCUT2D eigenvalue weighted by Gasteiger charge is 2.45. The zero-order chi connectivity index (χ0) is 37.4. The first-order valence-corrected chi connectivity index (χ1v) is 12.1. The second kappa shape index (κ2) is 14.8. The second-order valence-electron chi connectivity index (χ2n) is 8.58. The minimum Gasteiger partial charge on any atom is -0.204 e. The van der Waals surface area contributed by atoms with Gasteiger partial charge in [-0.3, -0.25) is 0 Å². The van der Waals surface area contributed by atoms with E-state index >= 15 is 0 Å². The van der Waals surface area contributed by atoms with Crippen molar-refractivity contribution < 1.29 is 87.8 Å². The Kier molecular flexibility index (Phi) is 12.2. The second-order valence-corrected chi connectivity index (χ2v) is 8.58. The average Bonchev–Trinajstić information content (AvgIpc) is 3.08. The van der Waals surface area contributed by atoms with Crippen molar-refractivity contribution in [1.29, 1.82) is 0 Å². The van der Waals surface area contributed by atoms with Gasteiger partial charge in [0.25, 0.3) is 6.71 Å². The van der Waals surface area contributed by atoms with E-state index in [1.807, 2.05) is 13.8 Å². The molecule has 4 rings (SSSR count). The standard InChI is InChI=1S/C18BF15.C7H3F5.C2H6/c20-4-1(5(21)11(27)16(32)10(4)26)19(2-6(22)12(28)17(33)13(29)7(2)23)3-8(24)14(30)18(34)15(31)9(3)25;1-2-3(8)5(10)7(12)6(11)4(2)9;1-2/h;1H3;1-2H3. The van der Waals surface area contributed by atoms with Crippen LogP contribution >= 0.6 is 0 Å². The minimum absolute atomic E-state index is 0.816. The van der Waals surface area contributed by atoms with Gasteiger partial charge in [-0.2, -0.15) is 0 Å². The van der Waals surface area contributed by atoms with Crippen LogP contribution in [0.1, 0.15) is 19.4 Å². The van der Waals surface area contributed by atoms with Crippen molar-refractivity contribution in [2.45, 2.75) is 20.8 Å². The van der Waals surface area contributed by atoms with Crippen LogP contribution in [0.15, 0.2) is 0 Å². The molecule has 0 aliphatic carbocycles. The fourth-order valence-corrected chi connectivity index (χ4v) is 3.77. The number of halogens is 20. The number of benzene rings is 4. The first kappa shape index (κ1) is 39.7. The maximum atomic E-state index is 14.4. The molecule has 0 radical (unpaired) electrons. The van der Waals surface area contributed by atoms with Gasteiger partial charge in [0.15, 0.2) is 111 Å². The summed E-state index contributed by atoms with van der Waals surface area (Å²) in [4.78, 5) is 0. The van der Waals surface area contributed by atoms with Crippen molar-refractivity contribution in [1.82, 2.24) is 0 Å². The highest BCUT2D eigenvalue weighted by atomic mass is 19.2. The smallest absolute Gasteiger partial charge is 0.204 e. The molecule has 0 saturated carbocycles. The molecule has 0 N–H and O–H groups in total. The van der Waals surface area contributed by atoms with Crippen molar-refractivity contribution in [2.24, 2.45) is 0 Å². The highest BCUT2D eigenvalue weighted by Crippen LogP contribution is 2.24. The Labute approximate surface area is 254 Å². The molecule has 260 valence electrons. The molecule has 0 fully saturated rings. The van der Waals surface area contributed by atoms with Crippen LogP contribution in [0.4, 0.5) is 87.8 Å². The number of rotatable bonds is 3. The molecule has 0 unspecified atom stereocenters. The van der Waals surface area contributed by atoms with Gasteiger partial charge >= 0.3 is 0 Å². The summed E-state index contributed by atoms with van der Waals surface area (Å²) in [5, 5.41) is 0. The molecule has 0 amide bonds. The first-order chi connectivity index (χ1) is 22.1. The van der Waals surface area contributed by atoms with Crippen LogP contribution in [0.5, 0.6) is 0 Å². The number of hydrogen-bond acceptors (Lipinski definition) is 0. The summed E-state index contributed by atoms with van der Waals surface area (Å²) < 4.78 is 270. The molecule has 0 nitrogen and oxygen atoms in total. The summed E-state index contributed by atoms with van der Waals surface area (Å²) in [6.45, 7) is 0.856. The van der Waals surface area contributed by atoms with E-state index in [1.54, 1.807) is 0 Å². The molecule has 0 heterocycles. The van der Waals surface area contributed by atoms with Gasteiger partial charge in [-0.25, -0.2) is 87.8 Å². The molecule has 0 spiro atoms. The number of hydrogen-bond donors (Lipinski definition) is 0. The third-order valence-corrected chi connectivity index (χ3v) is 6.03. The van der Waals surface area contributed by atoms with Gasteiger partial charge < -0.3 is 0 Å². The zero-order valence-corrected chi connectivity index (χ0v) is 23.1. The van der Waals surface area contributed by atoms with Gasteiger partial charge in [0, 0.05) is 22.0 Å². The average molecular weight is 724 g/mol. The Morgan fingerprint density at radius 1 is 0.229 bits per heavy atom. The normalized spacial score (nSPS) is 10.8. The van der Waals surface area contributed by atoms with E-state index in [1.165, 1.54) is 0 Å². The summed E-state index contributed by atoms with van der Waals surface area (Å²) in [7, 11) is 0. The van der Waals surface area contributed by atoms with E-state index < -0.39 is 145 Å². The van der Waals surface area contributed by atoms with Crippen LogP contribution in [0, 0.1) is 123 Å². The van der Waals surface area contributed by atoms with E-state index in [9.17, 15) is 87.8 Å². The monoisotopic (exact) mass is 724 g/mol. The SMILES string of the molecule is CC.Cc1c(F)c(F)c(F)c(F)c1F.Fc1c(F)c(F)c(B(c2c(F)c(F)c(F)c(F)c2F)c2c(F)c(F)c(F)c(F)c2F)c(F)c1F. The molecule has 48 heavy (non-hydrogen) atoms. The van der Waals surface area contributed by atoms with Crippen LogP contribution in [0.2, 0.25) is 0 Å². The van der Waals surface area contributed by atoms with Crippen LogP contribution in [0.3, 0.4) is 0 Å².